The first-order chi connectivity index (χ1) is 5.38. The predicted octanol–water partition coefficient (Wildman–Crippen LogP) is 3.45. The van der Waals surface area contributed by atoms with Gasteiger partial charge in [-0.3, -0.25) is 0 Å². The summed E-state index contributed by atoms with van der Waals surface area (Å²) in [7, 11) is 0. The number of fused-ring (bicyclic) bond motifs is 1. The second-order valence-corrected chi connectivity index (χ2v) is 3.32. The van der Waals surface area contributed by atoms with Crippen molar-refractivity contribution in [1.82, 2.24) is 0 Å². The molecule has 0 radical (unpaired) electrons. The molecule has 0 aliphatic heterocycles. The molecule has 0 saturated carbocycles. The Bertz CT molecular complexity index is 387. The van der Waals surface area contributed by atoms with Crippen molar-refractivity contribution in [2.45, 2.75) is 0 Å². The van der Waals surface area contributed by atoms with Crippen molar-refractivity contribution in [2.75, 3.05) is 0 Å². The smallest absolute Gasteiger partial charge is 1.00 e. The molecule has 2 rings (SSSR count). The van der Waals surface area contributed by atoms with E-state index >= 15 is 0 Å². The van der Waals surface area contributed by atoms with Crippen LogP contribution >= 0.6 is 15.9 Å². The molecule has 0 aromatic heterocycles. The van der Waals surface area contributed by atoms with Crippen molar-refractivity contribution in [3.63, 3.8) is 0 Å². The molecule has 0 fully saturated rings. The first kappa shape index (κ1) is 10.0. The Balaban J connectivity index is 0. The maximum atomic E-state index is 3.50. The van der Waals surface area contributed by atoms with E-state index in [2.05, 4.69) is 46.3 Å². The molecular weight excluding hydrogens is 224 g/mol. The molecule has 2 aromatic carbocycles. The fourth-order valence-corrected chi connectivity index (χ4v) is 1.70. The van der Waals surface area contributed by atoms with Crippen molar-refractivity contribution in [2.24, 2.45) is 0 Å². The number of hydrogen-bond acceptors (Lipinski definition) is 0. The minimum atomic E-state index is 0. The van der Waals surface area contributed by atoms with E-state index in [1.807, 2.05) is 12.1 Å². The Hall–Kier alpha value is -0.0538. The van der Waals surface area contributed by atoms with E-state index in [4.69, 9.17) is 0 Å². The van der Waals surface area contributed by atoms with Gasteiger partial charge in [-0.2, -0.15) is 0 Å². The van der Waals surface area contributed by atoms with Crippen LogP contribution in [0.25, 0.3) is 10.8 Å². The predicted molar refractivity (Wildman–Crippen MR) is 59.6 cm³/mol. The molecule has 0 aliphatic carbocycles. The summed E-state index contributed by atoms with van der Waals surface area (Å²) in [5.74, 6) is 0. The van der Waals surface area contributed by atoms with Gasteiger partial charge in [-0.05, 0) is 16.8 Å². The second kappa shape index (κ2) is 4.26. The Labute approximate surface area is 99.2 Å². The zero-order valence-corrected chi connectivity index (χ0v) is 9.63. The van der Waals surface area contributed by atoms with Crippen LogP contribution < -0.4 is 0 Å². The summed E-state index contributed by atoms with van der Waals surface area (Å²) in [6, 6.07) is 14.5. The molecular formula is C10H9BrMg. The third-order valence-electron chi connectivity index (χ3n) is 1.74. The molecule has 0 heterocycles. The molecule has 0 spiro atoms. The van der Waals surface area contributed by atoms with Crippen LogP contribution in [0.15, 0.2) is 46.9 Å². The zero-order valence-electron chi connectivity index (χ0n) is 8.63. The van der Waals surface area contributed by atoms with E-state index in [9.17, 15) is 0 Å². The molecule has 0 N–H and O–H groups in total. The maximum absolute atomic E-state index is 3.50. The number of halogens is 1. The Morgan fingerprint density at radius 1 is 0.917 bits per heavy atom. The van der Waals surface area contributed by atoms with E-state index in [-0.39, 0.29) is 25.9 Å². The van der Waals surface area contributed by atoms with Crippen LogP contribution in [0.5, 0.6) is 0 Å². The van der Waals surface area contributed by atoms with E-state index in [0.717, 1.165) is 4.47 Å². The zero-order chi connectivity index (χ0) is 7.68. The summed E-state index contributed by atoms with van der Waals surface area (Å²) >= 11 is 3.50. The molecule has 2 aromatic rings. The molecule has 0 atom stereocenters. The quantitative estimate of drug-likeness (QED) is 0.611. The van der Waals surface area contributed by atoms with Crippen molar-refractivity contribution in [3.05, 3.63) is 46.9 Å². The molecule has 0 aliphatic rings. The number of benzene rings is 2. The molecule has 0 bridgehead atoms. The molecule has 12 heavy (non-hydrogen) atoms. The van der Waals surface area contributed by atoms with Gasteiger partial charge in [0.15, 0.2) is 0 Å². The van der Waals surface area contributed by atoms with Crippen molar-refractivity contribution in [1.29, 1.82) is 0 Å². The molecule has 0 nitrogen and oxygen atoms in total. The van der Waals surface area contributed by atoms with Crippen molar-refractivity contribution in [3.8, 4) is 0 Å². The van der Waals surface area contributed by atoms with Crippen LogP contribution in [0.1, 0.15) is 2.85 Å². The van der Waals surface area contributed by atoms with Gasteiger partial charge in [-0.1, -0.05) is 52.3 Å². The van der Waals surface area contributed by atoms with Crippen LogP contribution in [0, 0.1) is 0 Å². The third-order valence-corrected chi connectivity index (χ3v) is 2.43. The summed E-state index contributed by atoms with van der Waals surface area (Å²) in [5.41, 5.74) is 0. The van der Waals surface area contributed by atoms with E-state index < -0.39 is 0 Å². The standard InChI is InChI=1S/C10H7Br.Mg.2H/c11-10-7-3-5-8-4-1-2-6-9(8)10;;;/h1-7H;;;/q;+2;2*-1. The van der Waals surface area contributed by atoms with Gasteiger partial charge in [0.1, 0.15) is 0 Å². The monoisotopic (exact) mass is 232 g/mol. The first-order valence-corrected chi connectivity index (χ1v) is 4.30. The normalized spacial score (nSPS) is 9.42. The Kier molecular flexibility index (Phi) is 3.56. The van der Waals surface area contributed by atoms with Gasteiger partial charge in [0, 0.05) is 4.47 Å². The summed E-state index contributed by atoms with van der Waals surface area (Å²) in [6.07, 6.45) is 0. The average molecular weight is 233 g/mol. The second-order valence-electron chi connectivity index (χ2n) is 2.46. The van der Waals surface area contributed by atoms with Gasteiger partial charge in [-0.25, -0.2) is 0 Å². The molecule has 0 amide bonds. The first-order valence-electron chi connectivity index (χ1n) is 3.51. The maximum Gasteiger partial charge on any atom is 2.00 e. The number of hydrogen-bond donors (Lipinski definition) is 0. The minimum Gasteiger partial charge on any atom is -1.00 e. The van der Waals surface area contributed by atoms with Gasteiger partial charge >= 0.3 is 23.1 Å². The van der Waals surface area contributed by atoms with E-state index in [1.165, 1.54) is 10.8 Å². The van der Waals surface area contributed by atoms with Gasteiger partial charge in [0.25, 0.3) is 0 Å². The SMILES string of the molecule is Brc1cccc2ccccc12.[H-].[H-].[Mg+2]. The number of rotatable bonds is 0. The largest absolute Gasteiger partial charge is 2.00 e. The van der Waals surface area contributed by atoms with Crippen LogP contribution in [0.4, 0.5) is 0 Å². The van der Waals surface area contributed by atoms with Gasteiger partial charge in [-0.15, -0.1) is 0 Å². The van der Waals surface area contributed by atoms with Gasteiger partial charge in [0.2, 0.25) is 0 Å². The van der Waals surface area contributed by atoms with Gasteiger partial charge < -0.3 is 2.85 Å². The third kappa shape index (κ3) is 1.81. The molecule has 2 heteroatoms. The summed E-state index contributed by atoms with van der Waals surface area (Å²) in [6.45, 7) is 0. The molecule has 0 unspecified atom stereocenters. The molecule has 58 valence electrons. The van der Waals surface area contributed by atoms with Gasteiger partial charge in [0.05, 0.1) is 0 Å². The summed E-state index contributed by atoms with van der Waals surface area (Å²) in [4.78, 5) is 0. The fourth-order valence-electron chi connectivity index (χ4n) is 1.19. The van der Waals surface area contributed by atoms with Crippen molar-refractivity contribution >= 4 is 49.8 Å². The van der Waals surface area contributed by atoms with E-state index in [0.29, 0.717) is 0 Å². The fraction of sp³-hybridized carbons (Fsp3) is 0. The summed E-state index contributed by atoms with van der Waals surface area (Å²) < 4.78 is 1.16. The van der Waals surface area contributed by atoms with Crippen LogP contribution in [0.3, 0.4) is 0 Å². The van der Waals surface area contributed by atoms with Crippen LogP contribution in [-0.4, -0.2) is 23.1 Å². The average Bonchev–Trinajstić information content (AvgIpc) is 2.06. The summed E-state index contributed by atoms with van der Waals surface area (Å²) in [5, 5.41) is 2.55. The molecule has 0 saturated heterocycles. The topological polar surface area (TPSA) is 0 Å². The van der Waals surface area contributed by atoms with Crippen LogP contribution in [-0.2, 0) is 0 Å². The van der Waals surface area contributed by atoms with Crippen LogP contribution in [0.2, 0.25) is 0 Å². The Morgan fingerprint density at radius 2 is 1.58 bits per heavy atom. The van der Waals surface area contributed by atoms with Crippen molar-refractivity contribution < 1.29 is 2.85 Å². The van der Waals surface area contributed by atoms with E-state index in [1.54, 1.807) is 0 Å². The minimum absolute atomic E-state index is 0. The Morgan fingerprint density at radius 3 is 2.33 bits per heavy atom.